The molecule has 2 rings (SSSR count). The number of carbonyl (C=O) groups is 3. The van der Waals surface area contributed by atoms with Crippen molar-refractivity contribution in [2.45, 2.75) is 12.8 Å². The van der Waals surface area contributed by atoms with Gasteiger partial charge in [-0.05, 0) is 61.4 Å². The predicted octanol–water partition coefficient (Wildman–Crippen LogP) is 3.61. The van der Waals surface area contributed by atoms with Gasteiger partial charge >= 0.3 is 11.9 Å². The number of hydrogen-bond acceptors (Lipinski definition) is 6. The van der Waals surface area contributed by atoms with Crippen LogP contribution < -0.4 is 9.47 Å². The summed E-state index contributed by atoms with van der Waals surface area (Å²) in [4.78, 5) is 33.6. The Morgan fingerprint density at radius 1 is 0.889 bits per heavy atom. The number of rotatable bonds is 10. The Kier molecular flexibility index (Phi) is 7.78. The molecule has 0 saturated heterocycles. The Morgan fingerprint density at radius 3 is 2.15 bits per heavy atom. The summed E-state index contributed by atoms with van der Waals surface area (Å²) in [7, 11) is 0. The van der Waals surface area contributed by atoms with Gasteiger partial charge in [0.05, 0.1) is 18.8 Å². The van der Waals surface area contributed by atoms with Crippen LogP contribution in [0.3, 0.4) is 0 Å². The maximum atomic E-state index is 12.1. The van der Waals surface area contributed by atoms with Crippen molar-refractivity contribution in [1.29, 1.82) is 0 Å². The molecule has 2 aromatic rings. The highest BCUT2D eigenvalue weighted by Crippen LogP contribution is 2.16. The minimum atomic E-state index is -0.496. The van der Waals surface area contributed by atoms with Gasteiger partial charge in [0.15, 0.2) is 0 Å². The van der Waals surface area contributed by atoms with Crippen LogP contribution in [0.1, 0.15) is 33.6 Å². The van der Waals surface area contributed by atoms with E-state index in [4.69, 9.17) is 14.2 Å². The molecule has 0 unspecified atom stereocenters. The van der Waals surface area contributed by atoms with Crippen molar-refractivity contribution in [1.82, 2.24) is 0 Å². The van der Waals surface area contributed by atoms with Crippen molar-refractivity contribution in [2.75, 3.05) is 13.2 Å². The zero-order valence-corrected chi connectivity index (χ0v) is 14.8. The Labute approximate surface area is 157 Å². The average Bonchev–Trinajstić information content (AvgIpc) is 2.71. The number of hydrogen-bond donors (Lipinski definition) is 0. The van der Waals surface area contributed by atoms with E-state index in [0.29, 0.717) is 42.3 Å². The molecule has 0 radical (unpaired) electrons. The van der Waals surface area contributed by atoms with Gasteiger partial charge in [0.2, 0.25) is 0 Å². The average molecular weight is 368 g/mol. The first kappa shape index (κ1) is 19.9. The van der Waals surface area contributed by atoms with Gasteiger partial charge in [-0.3, -0.25) is 4.79 Å². The predicted molar refractivity (Wildman–Crippen MR) is 99.1 cm³/mol. The lowest BCUT2D eigenvalue weighted by molar-refractivity contribution is -0.137. The first-order valence-electron chi connectivity index (χ1n) is 8.42. The quantitative estimate of drug-likeness (QED) is 0.210. The molecule has 0 atom stereocenters. The Morgan fingerprint density at radius 2 is 1.52 bits per heavy atom. The van der Waals surface area contributed by atoms with E-state index in [1.807, 2.05) is 0 Å². The lowest BCUT2D eigenvalue weighted by Gasteiger charge is -2.08. The molecular formula is C21H20O6. The van der Waals surface area contributed by atoms with Crippen LogP contribution in [0.2, 0.25) is 0 Å². The highest BCUT2D eigenvalue weighted by molar-refractivity contribution is 5.91. The monoisotopic (exact) mass is 368 g/mol. The molecule has 0 heterocycles. The molecule has 27 heavy (non-hydrogen) atoms. The molecular weight excluding hydrogens is 348 g/mol. The van der Waals surface area contributed by atoms with Crippen LogP contribution in [0, 0.1) is 0 Å². The van der Waals surface area contributed by atoms with Crippen LogP contribution in [-0.4, -0.2) is 31.4 Å². The van der Waals surface area contributed by atoms with Crippen molar-refractivity contribution >= 4 is 18.2 Å². The van der Waals surface area contributed by atoms with E-state index < -0.39 is 11.9 Å². The number of esters is 2. The fraction of sp³-hybridized carbons (Fsp3) is 0.190. The third-order valence-electron chi connectivity index (χ3n) is 3.54. The summed E-state index contributed by atoms with van der Waals surface area (Å²) in [6, 6.07) is 12.9. The summed E-state index contributed by atoms with van der Waals surface area (Å²) >= 11 is 0. The van der Waals surface area contributed by atoms with Crippen molar-refractivity contribution in [2.24, 2.45) is 0 Å². The third-order valence-corrected chi connectivity index (χ3v) is 3.54. The van der Waals surface area contributed by atoms with Crippen molar-refractivity contribution in [3.05, 3.63) is 72.3 Å². The van der Waals surface area contributed by atoms with E-state index in [0.717, 1.165) is 18.8 Å². The number of benzene rings is 2. The van der Waals surface area contributed by atoms with Crippen LogP contribution >= 0.6 is 0 Å². The first-order chi connectivity index (χ1) is 13.1. The van der Waals surface area contributed by atoms with Crippen LogP contribution in [-0.2, 0) is 9.53 Å². The maximum absolute atomic E-state index is 12.1. The van der Waals surface area contributed by atoms with E-state index in [1.54, 1.807) is 48.5 Å². The van der Waals surface area contributed by atoms with Crippen molar-refractivity contribution < 1.29 is 28.6 Å². The van der Waals surface area contributed by atoms with Crippen LogP contribution in [0.15, 0.2) is 61.2 Å². The molecule has 6 nitrogen and oxygen atoms in total. The van der Waals surface area contributed by atoms with E-state index in [9.17, 15) is 14.4 Å². The van der Waals surface area contributed by atoms with E-state index in [2.05, 4.69) is 6.58 Å². The third kappa shape index (κ3) is 6.78. The van der Waals surface area contributed by atoms with Crippen LogP contribution in [0.25, 0.3) is 0 Å². The minimum Gasteiger partial charge on any atom is -0.494 e. The largest absolute Gasteiger partial charge is 0.494 e. The number of carbonyl (C=O) groups excluding carboxylic acids is 3. The lowest BCUT2D eigenvalue weighted by Crippen LogP contribution is -2.08. The fourth-order valence-corrected chi connectivity index (χ4v) is 2.09. The SMILES string of the molecule is C=CC(=O)OCCCCOc1ccc(C(=O)Oc2ccc(C=O)cc2)cc1. The molecule has 0 fully saturated rings. The van der Waals surface area contributed by atoms with Crippen LogP contribution in [0.4, 0.5) is 0 Å². The van der Waals surface area contributed by atoms with Gasteiger partial charge in [0, 0.05) is 11.6 Å². The fourth-order valence-electron chi connectivity index (χ4n) is 2.09. The molecule has 6 heteroatoms. The standard InChI is InChI=1S/C21H20O6/c1-2-20(23)26-14-4-3-13-25-18-11-7-17(8-12-18)21(24)27-19-9-5-16(15-22)6-10-19/h2,5-12,15H,1,3-4,13-14H2. The van der Waals surface area contributed by atoms with E-state index >= 15 is 0 Å². The Balaban J connectivity index is 1.75. The molecule has 0 aromatic heterocycles. The Hall–Kier alpha value is -3.41. The summed E-state index contributed by atoms with van der Waals surface area (Å²) in [5.74, 6) is 0.0653. The molecule has 2 aromatic carbocycles. The van der Waals surface area contributed by atoms with Gasteiger partial charge in [0.25, 0.3) is 0 Å². The highest BCUT2D eigenvalue weighted by Gasteiger charge is 2.09. The van der Waals surface area contributed by atoms with E-state index in [1.165, 1.54) is 0 Å². The van der Waals surface area contributed by atoms with Gasteiger partial charge in [-0.1, -0.05) is 6.58 Å². The maximum Gasteiger partial charge on any atom is 0.343 e. The molecule has 0 amide bonds. The molecule has 0 N–H and O–H groups in total. The summed E-state index contributed by atoms with van der Waals surface area (Å²) in [6.07, 6.45) is 3.26. The first-order valence-corrected chi connectivity index (χ1v) is 8.42. The van der Waals surface area contributed by atoms with E-state index in [-0.39, 0.29) is 0 Å². The summed E-state index contributed by atoms with van der Waals surface area (Å²) < 4.78 is 15.7. The molecule has 0 aliphatic rings. The highest BCUT2D eigenvalue weighted by atomic mass is 16.5. The second kappa shape index (κ2) is 10.6. The molecule has 140 valence electrons. The molecule has 0 aliphatic carbocycles. The van der Waals surface area contributed by atoms with Crippen LogP contribution in [0.5, 0.6) is 11.5 Å². The molecule has 0 bridgehead atoms. The van der Waals surface area contributed by atoms with Crippen molar-refractivity contribution in [3.8, 4) is 11.5 Å². The summed E-state index contributed by atoms with van der Waals surface area (Å²) in [5, 5.41) is 0. The van der Waals surface area contributed by atoms with Crippen molar-refractivity contribution in [3.63, 3.8) is 0 Å². The van der Waals surface area contributed by atoms with Gasteiger partial charge < -0.3 is 14.2 Å². The van der Waals surface area contributed by atoms with Gasteiger partial charge in [-0.15, -0.1) is 0 Å². The summed E-state index contributed by atoms with van der Waals surface area (Å²) in [5.41, 5.74) is 0.897. The van der Waals surface area contributed by atoms with Gasteiger partial charge in [-0.2, -0.15) is 0 Å². The normalized spacial score (nSPS) is 9.93. The van der Waals surface area contributed by atoms with Gasteiger partial charge in [0.1, 0.15) is 17.8 Å². The molecule has 0 saturated carbocycles. The smallest absolute Gasteiger partial charge is 0.343 e. The minimum absolute atomic E-state index is 0.326. The second-order valence-corrected chi connectivity index (χ2v) is 5.53. The lowest BCUT2D eigenvalue weighted by atomic mass is 10.2. The zero-order chi connectivity index (χ0) is 19.5. The number of unbranched alkanes of at least 4 members (excludes halogenated alkanes) is 1. The number of aldehydes is 1. The molecule has 0 aliphatic heterocycles. The summed E-state index contributed by atoms with van der Waals surface area (Å²) in [6.45, 7) is 4.12. The number of ether oxygens (including phenoxy) is 3. The van der Waals surface area contributed by atoms with Gasteiger partial charge in [-0.25, -0.2) is 9.59 Å². The molecule has 0 spiro atoms. The Bertz CT molecular complexity index is 777. The second-order valence-electron chi connectivity index (χ2n) is 5.53. The zero-order valence-electron chi connectivity index (χ0n) is 14.8. The topological polar surface area (TPSA) is 78.9 Å².